The van der Waals surface area contributed by atoms with Crippen LogP contribution < -0.4 is 5.32 Å². The SMILES string of the molecule is CCOC(=O)c1c(-c2ccccc2)csc1NC(=O)COC(=O)C=Cc1cccc2ccccc12. The summed E-state index contributed by atoms with van der Waals surface area (Å²) in [6.07, 6.45) is 2.95. The van der Waals surface area contributed by atoms with Crippen LogP contribution in [0.25, 0.3) is 28.0 Å². The molecule has 0 unspecified atom stereocenters. The summed E-state index contributed by atoms with van der Waals surface area (Å²) in [6.45, 7) is 1.44. The number of carbonyl (C=O) groups is 3. The molecule has 1 N–H and O–H groups in total. The van der Waals surface area contributed by atoms with Crippen molar-refractivity contribution in [3.05, 3.63) is 95.4 Å². The fourth-order valence-electron chi connectivity index (χ4n) is 3.59. The van der Waals surface area contributed by atoms with Crippen molar-refractivity contribution in [1.29, 1.82) is 0 Å². The number of benzene rings is 3. The third-order valence-corrected chi connectivity index (χ3v) is 6.07. The zero-order chi connectivity index (χ0) is 24.6. The van der Waals surface area contributed by atoms with E-state index in [0.717, 1.165) is 21.9 Å². The summed E-state index contributed by atoms with van der Waals surface area (Å²) in [5.41, 5.74) is 2.64. The average Bonchev–Trinajstić information content (AvgIpc) is 3.30. The van der Waals surface area contributed by atoms with E-state index >= 15 is 0 Å². The lowest BCUT2D eigenvalue weighted by atomic mass is 10.0. The molecule has 4 rings (SSSR count). The van der Waals surface area contributed by atoms with Crippen LogP contribution in [0.4, 0.5) is 5.00 Å². The highest BCUT2D eigenvalue weighted by Crippen LogP contribution is 2.36. The number of hydrogen-bond acceptors (Lipinski definition) is 6. The quantitative estimate of drug-likeness (QED) is 0.247. The lowest BCUT2D eigenvalue weighted by molar-refractivity contribution is -0.142. The molecule has 0 aliphatic rings. The molecule has 4 aromatic rings. The van der Waals surface area contributed by atoms with Crippen LogP contribution in [-0.4, -0.2) is 31.1 Å². The van der Waals surface area contributed by atoms with Gasteiger partial charge in [0.1, 0.15) is 10.6 Å². The van der Waals surface area contributed by atoms with Gasteiger partial charge in [0.15, 0.2) is 6.61 Å². The number of ether oxygens (including phenoxy) is 2. The zero-order valence-corrected chi connectivity index (χ0v) is 19.8. The van der Waals surface area contributed by atoms with E-state index in [9.17, 15) is 14.4 Å². The minimum absolute atomic E-state index is 0.205. The van der Waals surface area contributed by atoms with Crippen molar-refractivity contribution in [3.8, 4) is 11.1 Å². The number of thiophene rings is 1. The average molecular weight is 486 g/mol. The summed E-state index contributed by atoms with van der Waals surface area (Å²) >= 11 is 1.21. The van der Waals surface area contributed by atoms with E-state index in [1.54, 1.807) is 18.4 Å². The van der Waals surface area contributed by atoms with Gasteiger partial charge in [-0.3, -0.25) is 4.79 Å². The van der Waals surface area contributed by atoms with E-state index in [4.69, 9.17) is 9.47 Å². The highest BCUT2D eigenvalue weighted by atomic mass is 32.1. The van der Waals surface area contributed by atoms with E-state index in [1.807, 2.05) is 72.8 Å². The van der Waals surface area contributed by atoms with E-state index in [-0.39, 0.29) is 12.2 Å². The fourth-order valence-corrected chi connectivity index (χ4v) is 4.56. The van der Waals surface area contributed by atoms with E-state index in [0.29, 0.717) is 10.6 Å². The van der Waals surface area contributed by atoms with Gasteiger partial charge in [0, 0.05) is 17.0 Å². The molecule has 0 aliphatic carbocycles. The smallest absolute Gasteiger partial charge is 0.341 e. The first-order valence-electron chi connectivity index (χ1n) is 11.0. The van der Waals surface area contributed by atoms with Crippen LogP contribution in [0, 0.1) is 0 Å². The lowest BCUT2D eigenvalue weighted by Gasteiger charge is -2.09. The third-order valence-electron chi connectivity index (χ3n) is 5.18. The minimum Gasteiger partial charge on any atom is -0.462 e. The van der Waals surface area contributed by atoms with Gasteiger partial charge in [-0.1, -0.05) is 72.8 Å². The largest absolute Gasteiger partial charge is 0.462 e. The van der Waals surface area contributed by atoms with Crippen molar-refractivity contribution in [2.24, 2.45) is 0 Å². The maximum Gasteiger partial charge on any atom is 0.341 e. The Labute approximate surface area is 206 Å². The van der Waals surface area contributed by atoms with Gasteiger partial charge in [0.2, 0.25) is 0 Å². The van der Waals surface area contributed by atoms with Gasteiger partial charge in [-0.05, 0) is 34.9 Å². The summed E-state index contributed by atoms with van der Waals surface area (Å²) in [6, 6.07) is 23.0. The van der Waals surface area contributed by atoms with E-state index in [1.165, 1.54) is 17.4 Å². The van der Waals surface area contributed by atoms with E-state index in [2.05, 4.69) is 5.32 Å². The number of esters is 2. The second kappa shape index (κ2) is 11.3. The topological polar surface area (TPSA) is 81.7 Å². The van der Waals surface area contributed by atoms with Crippen molar-refractivity contribution >= 4 is 51.0 Å². The number of amides is 1. The standard InChI is InChI=1S/C28H23NO5S/c1-2-33-28(32)26-23(20-9-4-3-5-10-20)18-35-27(26)29-24(30)17-34-25(31)16-15-21-13-8-12-19-11-6-7-14-22(19)21/h3-16,18H,2,17H2,1H3,(H,29,30). The molecule has 0 radical (unpaired) electrons. The third kappa shape index (κ3) is 5.83. The molecular weight excluding hydrogens is 462 g/mol. The summed E-state index contributed by atoms with van der Waals surface area (Å²) in [5, 5.41) is 6.87. The molecule has 1 heterocycles. The number of anilines is 1. The molecule has 6 nitrogen and oxygen atoms in total. The van der Waals surface area contributed by atoms with Crippen molar-refractivity contribution < 1.29 is 23.9 Å². The second-order valence-electron chi connectivity index (χ2n) is 7.50. The Balaban J connectivity index is 1.42. The Morgan fingerprint density at radius 1 is 0.914 bits per heavy atom. The van der Waals surface area contributed by atoms with Crippen LogP contribution in [0.15, 0.2) is 84.3 Å². The summed E-state index contributed by atoms with van der Waals surface area (Å²) < 4.78 is 10.3. The van der Waals surface area contributed by atoms with Gasteiger partial charge in [-0.25, -0.2) is 9.59 Å². The predicted molar refractivity (Wildman–Crippen MR) is 138 cm³/mol. The van der Waals surface area contributed by atoms with Crippen LogP contribution in [0.3, 0.4) is 0 Å². The highest BCUT2D eigenvalue weighted by molar-refractivity contribution is 7.15. The number of hydrogen-bond donors (Lipinski definition) is 1. The molecule has 0 aliphatic heterocycles. The molecule has 35 heavy (non-hydrogen) atoms. The van der Waals surface area contributed by atoms with Gasteiger partial charge in [0.05, 0.1) is 6.61 Å². The van der Waals surface area contributed by atoms with Crippen molar-refractivity contribution in [3.63, 3.8) is 0 Å². The van der Waals surface area contributed by atoms with Gasteiger partial charge in [-0.2, -0.15) is 0 Å². The fraction of sp³-hybridized carbons (Fsp3) is 0.107. The summed E-state index contributed by atoms with van der Waals surface area (Å²) in [7, 11) is 0. The lowest BCUT2D eigenvalue weighted by Crippen LogP contribution is -2.21. The molecule has 1 aromatic heterocycles. The molecule has 0 spiro atoms. The number of carbonyl (C=O) groups excluding carboxylic acids is 3. The van der Waals surface area contributed by atoms with Gasteiger partial charge in [0.25, 0.3) is 5.91 Å². The van der Waals surface area contributed by atoms with Crippen molar-refractivity contribution in [1.82, 2.24) is 0 Å². The van der Waals surface area contributed by atoms with Gasteiger partial charge >= 0.3 is 11.9 Å². The van der Waals surface area contributed by atoms with Crippen LogP contribution in [0.5, 0.6) is 0 Å². The Kier molecular flexibility index (Phi) is 7.70. The normalized spacial score (nSPS) is 10.9. The predicted octanol–water partition coefficient (Wildman–Crippen LogP) is 5.94. The van der Waals surface area contributed by atoms with Crippen molar-refractivity contribution in [2.45, 2.75) is 6.92 Å². The second-order valence-corrected chi connectivity index (χ2v) is 8.38. The molecular formula is C28H23NO5S. The number of nitrogens with one attached hydrogen (secondary N) is 1. The van der Waals surface area contributed by atoms with Gasteiger partial charge in [-0.15, -0.1) is 11.3 Å². The highest BCUT2D eigenvalue weighted by Gasteiger charge is 2.23. The molecule has 0 saturated carbocycles. The first kappa shape index (κ1) is 23.9. The maximum absolute atomic E-state index is 12.6. The Morgan fingerprint density at radius 2 is 1.66 bits per heavy atom. The molecule has 7 heteroatoms. The molecule has 0 fully saturated rings. The summed E-state index contributed by atoms with van der Waals surface area (Å²) in [5.74, 6) is -1.73. The Bertz CT molecular complexity index is 1390. The molecule has 0 saturated heterocycles. The molecule has 0 bridgehead atoms. The van der Waals surface area contributed by atoms with Crippen LogP contribution >= 0.6 is 11.3 Å². The van der Waals surface area contributed by atoms with E-state index < -0.39 is 24.5 Å². The molecule has 176 valence electrons. The molecule has 0 atom stereocenters. The van der Waals surface area contributed by atoms with Crippen molar-refractivity contribution in [2.75, 3.05) is 18.5 Å². The Morgan fingerprint density at radius 3 is 2.46 bits per heavy atom. The molecule has 1 amide bonds. The first-order valence-corrected chi connectivity index (χ1v) is 11.9. The Hall–Kier alpha value is -4.23. The first-order chi connectivity index (χ1) is 17.1. The minimum atomic E-state index is -0.644. The monoisotopic (exact) mass is 485 g/mol. The zero-order valence-electron chi connectivity index (χ0n) is 19.0. The number of fused-ring (bicyclic) bond motifs is 1. The number of rotatable bonds is 8. The van der Waals surface area contributed by atoms with Gasteiger partial charge < -0.3 is 14.8 Å². The van der Waals surface area contributed by atoms with Crippen LogP contribution in [0.2, 0.25) is 0 Å². The maximum atomic E-state index is 12.6. The van der Waals surface area contributed by atoms with Crippen LogP contribution in [-0.2, 0) is 19.1 Å². The summed E-state index contributed by atoms with van der Waals surface area (Å²) in [4.78, 5) is 37.3. The molecule has 3 aromatic carbocycles. The van der Waals surface area contributed by atoms with Crippen LogP contribution in [0.1, 0.15) is 22.8 Å².